The second-order valence-corrected chi connectivity index (χ2v) is 2.82. The van der Waals surface area contributed by atoms with Crippen LogP contribution in [-0.2, 0) is 13.1 Å². The molecule has 0 bridgehead atoms. The summed E-state index contributed by atoms with van der Waals surface area (Å²) >= 11 is 0. The van der Waals surface area contributed by atoms with Gasteiger partial charge in [-0.25, -0.2) is 4.98 Å². The van der Waals surface area contributed by atoms with E-state index in [1.165, 1.54) is 5.56 Å². The smallest absolute Gasteiger partial charge is 0.316 e. The molecule has 0 unspecified atom stereocenters. The Morgan fingerprint density at radius 2 is 2.17 bits per heavy atom. The number of fused-ring (bicyclic) bond motifs is 1. The van der Waals surface area contributed by atoms with Crippen molar-refractivity contribution in [3.05, 3.63) is 17.0 Å². The molecule has 64 valence electrons. The van der Waals surface area contributed by atoms with Crippen LogP contribution in [0.3, 0.4) is 0 Å². The second kappa shape index (κ2) is 2.71. The molecule has 0 spiro atoms. The molecule has 1 aromatic rings. The molecule has 1 aromatic heterocycles. The number of methoxy groups -OCH3 is 1. The quantitative estimate of drug-likeness (QED) is 0.654. The number of hydrogen-bond donors (Lipinski definition) is 1. The lowest BCUT2D eigenvalue weighted by Crippen LogP contribution is -2.00. The maximum Gasteiger partial charge on any atom is 0.316 e. The van der Waals surface area contributed by atoms with E-state index in [1.54, 1.807) is 7.11 Å². The Hall–Kier alpha value is -1.16. The van der Waals surface area contributed by atoms with Gasteiger partial charge in [-0.05, 0) is 6.92 Å². The summed E-state index contributed by atoms with van der Waals surface area (Å²) in [5.41, 5.74) is 3.30. The molecule has 0 atom stereocenters. The van der Waals surface area contributed by atoms with E-state index in [1.807, 2.05) is 6.92 Å². The Bertz CT molecular complexity index is 311. The van der Waals surface area contributed by atoms with Crippen molar-refractivity contribution in [2.45, 2.75) is 20.0 Å². The molecular formula is C8H11N3O. The topological polar surface area (TPSA) is 47.0 Å². The maximum atomic E-state index is 4.97. The zero-order chi connectivity index (χ0) is 8.55. The van der Waals surface area contributed by atoms with Crippen molar-refractivity contribution in [2.24, 2.45) is 0 Å². The summed E-state index contributed by atoms with van der Waals surface area (Å²) in [7, 11) is 1.59. The number of hydrogen-bond acceptors (Lipinski definition) is 4. The first-order valence-corrected chi connectivity index (χ1v) is 3.92. The van der Waals surface area contributed by atoms with E-state index in [0.717, 1.165) is 24.5 Å². The molecule has 0 aromatic carbocycles. The largest absolute Gasteiger partial charge is 0.467 e. The average molecular weight is 165 g/mol. The zero-order valence-corrected chi connectivity index (χ0v) is 7.22. The number of aryl methyl sites for hydroxylation is 1. The predicted octanol–water partition coefficient (Wildman–Crippen LogP) is 0.397. The third kappa shape index (κ3) is 1.04. The highest BCUT2D eigenvalue weighted by Gasteiger charge is 2.16. The van der Waals surface area contributed by atoms with Crippen molar-refractivity contribution < 1.29 is 4.74 Å². The number of nitrogens with one attached hydrogen (secondary N) is 1. The molecule has 1 N–H and O–H groups in total. The first kappa shape index (κ1) is 7.49. The lowest BCUT2D eigenvalue weighted by molar-refractivity contribution is 0.377. The molecule has 0 radical (unpaired) electrons. The van der Waals surface area contributed by atoms with Crippen LogP contribution in [0, 0.1) is 6.92 Å². The second-order valence-electron chi connectivity index (χ2n) is 2.82. The van der Waals surface area contributed by atoms with Gasteiger partial charge in [-0.2, -0.15) is 4.98 Å². The Morgan fingerprint density at radius 3 is 2.92 bits per heavy atom. The van der Waals surface area contributed by atoms with Gasteiger partial charge in [0.1, 0.15) is 0 Å². The number of ether oxygens (including phenoxy) is 1. The van der Waals surface area contributed by atoms with Gasteiger partial charge < -0.3 is 10.1 Å². The molecule has 1 aliphatic heterocycles. The highest BCUT2D eigenvalue weighted by atomic mass is 16.5. The van der Waals surface area contributed by atoms with Gasteiger partial charge in [0.15, 0.2) is 0 Å². The highest BCUT2D eigenvalue weighted by molar-refractivity contribution is 5.29. The molecule has 12 heavy (non-hydrogen) atoms. The summed E-state index contributed by atoms with van der Waals surface area (Å²) < 4.78 is 4.97. The van der Waals surface area contributed by atoms with Gasteiger partial charge in [0.2, 0.25) is 0 Å². The number of aromatic nitrogens is 2. The van der Waals surface area contributed by atoms with Gasteiger partial charge in [0.25, 0.3) is 0 Å². The van der Waals surface area contributed by atoms with Crippen molar-refractivity contribution in [3.63, 3.8) is 0 Å². The summed E-state index contributed by atoms with van der Waals surface area (Å²) in [6.07, 6.45) is 0. The zero-order valence-electron chi connectivity index (χ0n) is 7.22. The van der Waals surface area contributed by atoms with Gasteiger partial charge in [0.05, 0.1) is 12.8 Å². The van der Waals surface area contributed by atoms with Crippen LogP contribution >= 0.6 is 0 Å². The molecule has 4 nitrogen and oxygen atoms in total. The molecule has 2 heterocycles. The van der Waals surface area contributed by atoms with Crippen LogP contribution < -0.4 is 10.1 Å². The highest BCUT2D eigenvalue weighted by Crippen LogP contribution is 2.18. The van der Waals surface area contributed by atoms with Crippen LogP contribution in [0.1, 0.15) is 17.0 Å². The van der Waals surface area contributed by atoms with E-state index < -0.39 is 0 Å². The number of rotatable bonds is 1. The standard InChI is InChI=1S/C8H11N3O/c1-5-6-3-9-4-7(6)11-8(10-5)12-2/h9H,3-4H2,1-2H3. The summed E-state index contributed by atoms with van der Waals surface area (Å²) in [5.74, 6) is 0. The molecule has 0 fully saturated rings. The van der Waals surface area contributed by atoms with E-state index >= 15 is 0 Å². The Kier molecular flexibility index (Phi) is 1.69. The maximum absolute atomic E-state index is 4.97. The molecule has 4 heteroatoms. The van der Waals surface area contributed by atoms with Crippen LogP contribution in [0.5, 0.6) is 6.01 Å². The first-order chi connectivity index (χ1) is 5.81. The molecule has 2 rings (SSSR count). The normalized spacial score (nSPS) is 14.5. The van der Waals surface area contributed by atoms with Gasteiger partial charge in [-0.15, -0.1) is 0 Å². The lowest BCUT2D eigenvalue weighted by atomic mass is 10.2. The van der Waals surface area contributed by atoms with E-state index in [9.17, 15) is 0 Å². The minimum Gasteiger partial charge on any atom is -0.467 e. The fourth-order valence-electron chi connectivity index (χ4n) is 1.40. The molecule has 0 saturated heterocycles. The van der Waals surface area contributed by atoms with Gasteiger partial charge in [-0.1, -0.05) is 0 Å². The summed E-state index contributed by atoms with van der Waals surface area (Å²) in [4.78, 5) is 8.43. The van der Waals surface area contributed by atoms with Crippen LogP contribution in [0.25, 0.3) is 0 Å². The van der Waals surface area contributed by atoms with E-state index in [4.69, 9.17) is 4.74 Å². The molecular weight excluding hydrogens is 154 g/mol. The molecule has 1 aliphatic rings. The lowest BCUT2D eigenvalue weighted by Gasteiger charge is -2.03. The third-order valence-corrected chi connectivity index (χ3v) is 2.06. The number of nitrogens with zero attached hydrogens (tertiary/aromatic N) is 2. The predicted molar refractivity (Wildman–Crippen MR) is 43.9 cm³/mol. The van der Waals surface area contributed by atoms with Crippen molar-refractivity contribution in [1.82, 2.24) is 15.3 Å². The third-order valence-electron chi connectivity index (χ3n) is 2.06. The first-order valence-electron chi connectivity index (χ1n) is 3.92. The fraction of sp³-hybridized carbons (Fsp3) is 0.500. The van der Waals surface area contributed by atoms with Crippen LogP contribution in [0.4, 0.5) is 0 Å². The molecule has 0 aliphatic carbocycles. The van der Waals surface area contributed by atoms with Crippen molar-refractivity contribution in [1.29, 1.82) is 0 Å². The van der Waals surface area contributed by atoms with Gasteiger partial charge >= 0.3 is 6.01 Å². The SMILES string of the molecule is COc1nc(C)c2c(n1)CNC2. The van der Waals surface area contributed by atoms with Gasteiger partial charge in [0, 0.05) is 24.3 Å². The van der Waals surface area contributed by atoms with Crippen LogP contribution in [-0.4, -0.2) is 17.1 Å². The van der Waals surface area contributed by atoms with E-state index in [2.05, 4.69) is 15.3 Å². The minimum absolute atomic E-state index is 0.468. The summed E-state index contributed by atoms with van der Waals surface area (Å²) in [6, 6.07) is 0.468. The monoisotopic (exact) mass is 165 g/mol. The van der Waals surface area contributed by atoms with E-state index in [0.29, 0.717) is 6.01 Å². The molecule has 0 saturated carbocycles. The summed E-state index contributed by atoms with van der Waals surface area (Å²) in [5, 5.41) is 3.22. The minimum atomic E-state index is 0.468. The Labute approximate surface area is 71.0 Å². The van der Waals surface area contributed by atoms with Crippen LogP contribution in [0.2, 0.25) is 0 Å². The van der Waals surface area contributed by atoms with E-state index in [-0.39, 0.29) is 0 Å². The van der Waals surface area contributed by atoms with Crippen LogP contribution in [0.15, 0.2) is 0 Å². The summed E-state index contributed by atoms with van der Waals surface area (Å²) in [6.45, 7) is 3.69. The molecule has 0 amide bonds. The Morgan fingerprint density at radius 1 is 1.33 bits per heavy atom. The van der Waals surface area contributed by atoms with Crippen molar-refractivity contribution >= 4 is 0 Å². The Balaban J connectivity index is 2.51. The van der Waals surface area contributed by atoms with Gasteiger partial charge in [-0.3, -0.25) is 0 Å². The fourth-order valence-corrected chi connectivity index (χ4v) is 1.40. The van der Waals surface area contributed by atoms with Crippen molar-refractivity contribution in [2.75, 3.05) is 7.11 Å². The average Bonchev–Trinajstić information content (AvgIpc) is 2.52. The van der Waals surface area contributed by atoms with Crippen molar-refractivity contribution in [3.8, 4) is 6.01 Å².